The maximum atomic E-state index is 13.3. The summed E-state index contributed by atoms with van der Waals surface area (Å²) in [5, 5.41) is 8.23. The minimum atomic E-state index is -4.90. The van der Waals surface area contributed by atoms with Crippen LogP contribution in [0.3, 0.4) is 0 Å². The Morgan fingerprint density at radius 2 is 1.89 bits per heavy atom. The number of aromatic nitrogens is 1. The van der Waals surface area contributed by atoms with E-state index in [4.69, 9.17) is 5.11 Å². The number of carboxylic acids is 1. The fourth-order valence-corrected chi connectivity index (χ4v) is 1.62. The van der Waals surface area contributed by atoms with Crippen molar-refractivity contribution in [3.05, 3.63) is 45.5 Å². The Labute approximate surface area is 102 Å². The van der Waals surface area contributed by atoms with Gasteiger partial charge in [-0.15, -0.1) is 0 Å². The summed E-state index contributed by atoms with van der Waals surface area (Å²) < 4.78 is 50.7. The number of hydrogen-bond acceptors (Lipinski definition) is 2. The van der Waals surface area contributed by atoms with Crippen LogP contribution < -0.4 is 5.43 Å². The summed E-state index contributed by atoms with van der Waals surface area (Å²) in [6.45, 7) is 0. The third kappa shape index (κ3) is 2.16. The first-order valence-electron chi connectivity index (χ1n) is 4.87. The van der Waals surface area contributed by atoms with E-state index >= 15 is 0 Å². The molecule has 2 N–H and O–H groups in total. The number of carboxylic acid groups (broad SMARTS) is 1. The van der Waals surface area contributed by atoms with E-state index in [2.05, 4.69) is 4.98 Å². The van der Waals surface area contributed by atoms with Gasteiger partial charge in [0.15, 0.2) is 0 Å². The SMILES string of the molecule is O=C(O)c1c[nH]c2cc(C(F)(F)F)c(F)cc2c1=O. The van der Waals surface area contributed by atoms with Crippen LogP contribution in [0.25, 0.3) is 10.9 Å². The van der Waals surface area contributed by atoms with Gasteiger partial charge in [-0.05, 0) is 12.1 Å². The minimum Gasteiger partial charge on any atom is -0.477 e. The number of H-pyrrole nitrogens is 1. The van der Waals surface area contributed by atoms with Crippen LogP contribution in [0.2, 0.25) is 0 Å². The van der Waals surface area contributed by atoms with Crippen LogP contribution in [0.15, 0.2) is 23.1 Å². The molecule has 1 heterocycles. The van der Waals surface area contributed by atoms with E-state index in [1.54, 1.807) is 0 Å². The van der Waals surface area contributed by atoms with Crippen LogP contribution in [0.1, 0.15) is 15.9 Å². The number of benzene rings is 1. The number of alkyl halides is 3. The van der Waals surface area contributed by atoms with Crippen molar-refractivity contribution in [1.82, 2.24) is 4.98 Å². The molecule has 0 fully saturated rings. The molecule has 2 rings (SSSR count). The molecule has 0 atom stereocenters. The fraction of sp³-hybridized carbons (Fsp3) is 0.0909. The molecule has 0 aliphatic heterocycles. The summed E-state index contributed by atoms with van der Waals surface area (Å²) in [6.07, 6.45) is -4.13. The van der Waals surface area contributed by atoms with E-state index < -0.39 is 39.9 Å². The molecule has 19 heavy (non-hydrogen) atoms. The standard InChI is InChI=1S/C11H5F4NO3/c12-7-1-4-8(2-6(7)11(13,14)15)16-3-5(9(4)17)10(18)19/h1-3H,(H,16,17)(H,18,19). The maximum absolute atomic E-state index is 13.3. The van der Waals surface area contributed by atoms with Gasteiger partial charge in [-0.2, -0.15) is 13.2 Å². The Morgan fingerprint density at radius 1 is 1.26 bits per heavy atom. The largest absolute Gasteiger partial charge is 0.477 e. The van der Waals surface area contributed by atoms with Crippen molar-refractivity contribution in [2.75, 3.05) is 0 Å². The van der Waals surface area contributed by atoms with Crippen molar-refractivity contribution in [2.45, 2.75) is 6.18 Å². The summed E-state index contributed by atoms with van der Waals surface area (Å²) in [4.78, 5) is 24.6. The smallest absolute Gasteiger partial charge is 0.419 e. The summed E-state index contributed by atoms with van der Waals surface area (Å²) in [5.74, 6) is -3.18. The van der Waals surface area contributed by atoms with Gasteiger partial charge in [0.05, 0.1) is 11.1 Å². The van der Waals surface area contributed by atoms with E-state index in [-0.39, 0.29) is 5.52 Å². The van der Waals surface area contributed by atoms with Crippen molar-refractivity contribution >= 4 is 16.9 Å². The number of halogens is 4. The Bertz CT molecular complexity index is 733. The molecule has 1 aromatic heterocycles. The van der Waals surface area contributed by atoms with Crippen molar-refractivity contribution in [3.63, 3.8) is 0 Å². The summed E-state index contributed by atoms with van der Waals surface area (Å²) >= 11 is 0. The molecule has 0 aliphatic rings. The molecule has 1 aromatic carbocycles. The van der Waals surface area contributed by atoms with E-state index in [0.29, 0.717) is 12.1 Å². The molecule has 0 saturated carbocycles. The minimum absolute atomic E-state index is 0.288. The van der Waals surface area contributed by atoms with Gasteiger partial charge < -0.3 is 10.1 Å². The second-order valence-corrected chi connectivity index (χ2v) is 3.71. The second kappa shape index (κ2) is 4.08. The van der Waals surface area contributed by atoms with Gasteiger partial charge >= 0.3 is 12.1 Å². The molecule has 8 heteroatoms. The van der Waals surface area contributed by atoms with E-state index in [9.17, 15) is 27.2 Å². The van der Waals surface area contributed by atoms with Gasteiger partial charge in [-0.25, -0.2) is 9.18 Å². The molecule has 4 nitrogen and oxygen atoms in total. The molecule has 0 radical (unpaired) electrons. The van der Waals surface area contributed by atoms with Crippen molar-refractivity contribution in [3.8, 4) is 0 Å². The number of aromatic amines is 1. The highest BCUT2D eigenvalue weighted by molar-refractivity contribution is 5.92. The molecule has 2 aromatic rings. The maximum Gasteiger partial charge on any atom is 0.419 e. The zero-order chi connectivity index (χ0) is 14.4. The van der Waals surface area contributed by atoms with E-state index in [1.165, 1.54) is 0 Å². The molecule has 100 valence electrons. The van der Waals surface area contributed by atoms with E-state index in [0.717, 1.165) is 6.20 Å². The third-order valence-corrected chi connectivity index (χ3v) is 2.50. The Morgan fingerprint density at radius 3 is 2.42 bits per heavy atom. The second-order valence-electron chi connectivity index (χ2n) is 3.71. The lowest BCUT2D eigenvalue weighted by Crippen LogP contribution is -2.16. The number of carbonyl (C=O) groups is 1. The normalized spacial score (nSPS) is 11.8. The average molecular weight is 275 g/mol. The monoisotopic (exact) mass is 275 g/mol. The van der Waals surface area contributed by atoms with Gasteiger partial charge in [-0.3, -0.25) is 4.79 Å². The number of nitrogens with one attached hydrogen (secondary N) is 1. The fourth-order valence-electron chi connectivity index (χ4n) is 1.62. The highest BCUT2D eigenvalue weighted by atomic mass is 19.4. The highest BCUT2D eigenvalue weighted by Gasteiger charge is 2.34. The van der Waals surface area contributed by atoms with Crippen LogP contribution in [0.4, 0.5) is 17.6 Å². The Balaban J connectivity index is 2.83. The average Bonchev–Trinajstić information content (AvgIpc) is 2.27. The van der Waals surface area contributed by atoms with Crippen LogP contribution >= 0.6 is 0 Å². The zero-order valence-corrected chi connectivity index (χ0v) is 9.01. The number of aromatic carboxylic acids is 1. The van der Waals surface area contributed by atoms with Gasteiger partial charge in [0, 0.05) is 11.6 Å². The van der Waals surface area contributed by atoms with Crippen molar-refractivity contribution in [1.29, 1.82) is 0 Å². The molecular formula is C11H5F4NO3. The lowest BCUT2D eigenvalue weighted by atomic mass is 10.1. The van der Waals surface area contributed by atoms with Crippen molar-refractivity contribution in [2.24, 2.45) is 0 Å². The molecule has 0 amide bonds. The topological polar surface area (TPSA) is 70.2 Å². The first-order valence-corrected chi connectivity index (χ1v) is 4.87. The Kier molecular flexibility index (Phi) is 2.80. The molecule has 0 unspecified atom stereocenters. The lowest BCUT2D eigenvalue weighted by Gasteiger charge is -2.09. The summed E-state index contributed by atoms with van der Waals surface area (Å²) in [5.41, 5.74) is -3.54. The van der Waals surface area contributed by atoms with Crippen LogP contribution in [-0.4, -0.2) is 16.1 Å². The van der Waals surface area contributed by atoms with Gasteiger partial charge in [0.2, 0.25) is 5.43 Å². The number of rotatable bonds is 1. The molecule has 0 saturated heterocycles. The van der Waals surface area contributed by atoms with E-state index in [1.807, 2.05) is 0 Å². The predicted octanol–water partition coefficient (Wildman–Crippen LogP) is 2.38. The number of pyridine rings is 1. The first kappa shape index (κ1) is 13.1. The van der Waals surface area contributed by atoms with Gasteiger partial charge in [0.25, 0.3) is 0 Å². The van der Waals surface area contributed by atoms with Crippen LogP contribution in [0, 0.1) is 5.82 Å². The Hall–Kier alpha value is -2.38. The predicted molar refractivity (Wildman–Crippen MR) is 56.5 cm³/mol. The quantitative estimate of drug-likeness (QED) is 0.785. The number of hydrogen-bond donors (Lipinski definition) is 2. The number of fused-ring (bicyclic) bond motifs is 1. The lowest BCUT2D eigenvalue weighted by molar-refractivity contribution is -0.139. The molecule has 0 spiro atoms. The summed E-state index contributed by atoms with van der Waals surface area (Å²) in [7, 11) is 0. The molecular weight excluding hydrogens is 270 g/mol. The molecule has 0 aliphatic carbocycles. The van der Waals surface area contributed by atoms with Crippen LogP contribution in [0.5, 0.6) is 0 Å². The molecule has 0 bridgehead atoms. The summed E-state index contributed by atoms with van der Waals surface area (Å²) in [6, 6.07) is 0.807. The first-order chi connectivity index (χ1) is 8.71. The van der Waals surface area contributed by atoms with Gasteiger partial charge in [-0.1, -0.05) is 0 Å². The van der Waals surface area contributed by atoms with Crippen molar-refractivity contribution < 1.29 is 27.5 Å². The highest BCUT2D eigenvalue weighted by Crippen LogP contribution is 2.32. The van der Waals surface area contributed by atoms with Gasteiger partial charge in [0.1, 0.15) is 11.4 Å². The zero-order valence-electron chi connectivity index (χ0n) is 9.01. The third-order valence-electron chi connectivity index (χ3n) is 2.50. The van der Waals surface area contributed by atoms with Crippen LogP contribution in [-0.2, 0) is 6.18 Å².